The number of para-hydroxylation sites is 1. The zero-order valence-corrected chi connectivity index (χ0v) is 22.6. The van der Waals surface area contributed by atoms with Gasteiger partial charge in [-0.25, -0.2) is 4.79 Å². The first-order valence-electron chi connectivity index (χ1n) is 13.6. The van der Waals surface area contributed by atoms with Gasteiger partial charge in [-0.3, -0.25) is 14.5 Å². The number of aromatic amines is 1. The number of rotatable bonds is 6. The Bertz CT molecular complexity index is 1320. The van der Waals surface area contributed by atoms with Gasteiger partial charge in [0.15, 0.2) is 0 Å². The largest absolute Gasteiger partial charge is 0.490 e. The number of aliphatic carboxylic acids is 1. The molecule has 0 bridgehead atoms. The van der Waals surface area contributed by atoms with E-state index in [9.17, 15) is 22.8 Å². The normalized spacial score (nSPS) is 16.6. The van der Waals surface area contributed by atoms with E-state index >= 15 is 0 Å². The monoisotopic (exact) mass is 573 g/mol. The van der Waals surface area contributed by atoms with Gasteiger partial charge in [-0.1, -0.05) is 24.3 Å². The third-order valence-electron chi connectivity index (χ3n) is 7.34. The quantitative estimate of drug-likeness (QED) is 0.416. The van der Waals surface area contributed by atoms with Gasteiger partial charge in [0.1, 0.15) is 6.54 Å². The second-order valence-corrected chi connectivity index (χ2v) is 10.2. The molecule has 5 rings (SSSR count). The van der Waals surface area contributed by atoms with Crippen molar-refractivity contribution in [3.05, 3.63) is 66.4 Å². The molecule has 2 aliphatic heterocycles. The van der Waals surface area contributed by atoms with Crippen LogP contribution < -0.4 is 10.2 Å². The van der Waals surface area contributed by atoms with E-state index in [1.165, 1.54) is 0 Å². The zero-order valence-electron chi connectivity index (χ0n) is 22.6. The van der Waals surface area contributed by atoms with E-state index in [1.807, 2.05) is 65.7 Å². The van der Waals surface area contributed by atoms with Crippen molar-refractivity contribution in [1.29, 1.82) is 0 Å². The molecule has 2 aromatic carbocycles. The van der Waals surface area contributed by atoms with Crippen molar-refractivity contribution in [2.75, 3.05) is 57.3 Å². The van der Waals surface area contributed by atoms with Crippen LogP contribution in [0.3, 0.4) is 0 Å². The van der Waals surface area contributed by atoms with Crippen LogP contribution in [0.5, 0.6) is 0 Å². The van der Waals surface area contributed by atoms with Crippen molar-refractivity contribution in [3.63, 3.8) is 0 Å². The summed E-state index contributed by atoms with van der Waals surface area (Å²) in [6, 6.07) is 17.1. The number of carboxylic acids is 1. The van der Waals surface area contributed by atoms with Gasteiger partial charge in [0.25, 0.3) is 5.91 Å². The standard InChI is InChI=1S/C27H33N5O2.C2HF3O2/c33-26(31-14-9-21(10-15-31)19-30-16-12-28-13-17-30)20-32(24-4-2-1-3-5-24)27(34)23-7-6-22-8-11-29-25(22)18-23;3-2(4,5)1(6)7/h1-8,11,18,21,28-29H,9-10,12-17,19-20H2;(H,6,7). The Balaban J connectivity index is 0.000000493. The third-order valence-corrected chi connectivity index (χ3v) is 7.34. The SMILES string of the molecule is O=C(CN(C(=O)c1ccc2cc[nH]c2c1)c1ccccc1)N1CCC(CN2CCNCC2)CC1.O=C(O)C(F)(F)F. The molecular weight excluding hydrogens is 539 g/mol. The summed E-state index contributed by atoms with van der Waals surface area (Å²) < 4.78 is 31.7. The summed E-state index contributed by atoms with van der Waals surface area (Å²) in [5.74, 6) is -2.27. The fourth-order valence-electron chi connectivity index (χ4n) is 5.08. The van der Waals surface area contributed by atoms with Crippen LogP contribution in [0.2, 0.25) is 0 Å². The van der Waals surface area contributed by atoms with Gasteiger partial charge in [0.05, 0.1) is 0 Å². The summed E-state index contributed by atoms with van der Waals surface area (Å²) in [5.41, 5.74) is 2.22. The number of nitrogens with one attached hydrogen (secondary N) is 2. The molecule has 1 aromatic heterocycles. The third kappa shape index (κ3) is 8.30. The number of H-pyrrole nitrogens is 1. The van der Waals surface area contributed by atoms with E-state index in [0.717, 1.165) is 75.2 Å². The number of piperidine rings is 1. The molecule has 12 heteroatoms. The van der Waals surface area contributed by atoms with Crippen LogP contribution in [0.25, 0.3) is 10.9 Å². The van der Waals surface area contributed by atoms with Crippen molar-refractivity contribution >= 4 is 34.4 Å². The molecule has 2 saturated heterocycles. The van der Waals surface area contributed by atoms with Crippen molar-refractivity contribution in [2.45, 2.75) is 19.0 Å². The molecule has 2 aliphatic rings. The number of anilines is 1. The number of likely N-dealkylation sites (tertiary alicyclic amines) is 1. The highest BCUT2D eigenvalue weighted by Crippen LogP contribution is 2.23. The van der Waals surface area contributed by atoms with Gasteiger partial charge in [-0.15, -0.1) is 0 Å². The van der Waals surface area contributed by atoms with Gasteiger partial charge < -0.3 is 25.2 Å². The molecule has 2 amide bonds. The summed E-state index contributed by atoms with van der Waals surface area (Å²) in [6.45, 7) is 7.06. The van der Waals surface area contributed by atoms with Crippen molar-refractivity contribution in [2.24, 2.45) is 5.92 Å². The van der Waals surface area contributed by atoms with Crippen molar-refractivity contribution in [1.82, 2.24) is 20.1 Å². The summed E-state index contributed by atoms with van der Waals surface area (Å²) >= 11 is 0. The maximum absolute atomic E-state index is 13.5. The number of benzene rings is 2. The lowest BCUT2D eigenvalue weighted by atomic mass is 9.96. The predicted octanol–water partition coefficient (Wildman–Crippen LogP) is 3.59. The number of carbonyl (C=O) groups is 3. The number of alkyl halides is 3. The molecular formula is C29H34F3N5O4. The molecule has 0 aliphatic carbocycles. The van der Waals surface area contributed by atoms with Crippen LogP contribution in [-0.4, -0.2) is 96.2 Å². The minimum atomic E-state index is -5.08. The molecule has 41 heavy (non-hydrogen) atoms. The molecule has 3 heterocycles. The molecule has 3 aromatic rings. The van der Waals surface area contributed by atoms with Crippen molar-refractivity contribution < 1.29 is 32.7 Å². The lowest BCUT2D eigenvalue weighted by Crippen LogP contribution is -2.49. The van der Waals surface area contributed by atoms with Crippen LogP contribution in [0, 0.1) is 5.92 Å². The Labute approximate surface area is 235 Å². The fourth-order valence-corrected chi connectivity index (χ4v) is 5.08. The van der Waals surface area contributed by atoms with Gasteiger partial charge in [-0.05, 0) is 54.5 Å². The van der Waals surface area contributed by atoms with E-state index in [-0.39, 0.29) is 18.4 Å². The first-order valence-corrected chi connectivity index (χ1v) is 13.6. The number of halogens is 3. The van der Waals surface area contributed by atoms with Crippen LogP contribution >= 0.6 is 0 Å². The highest BCUT2D eigenvalue weighted by Gasteiger charge is 2.38. The van der Waals surface area contributed by atoms with Crippen LogP contribution in [-0.2, 0) is 9.59 Å². The second-order valence-electron chi connectivity index (χ2n) is 10.2. The molecule has 0 spiro atoms. The van der Waals surface area contributed by atoms with E-state index in [4.69, 9.17) is 9.90 Å². The molecule has 0 radical (unpaired) electrons. The highest BCUT2D eigenvalue weighted by atomic mass is 19.4. The molecule has 220 valence electrons. The Kier molecular flexibility index (Phi) is 10.0. The maximum atomic E-state index is 13.5. The summed E-state index contributed by atoms with van der Waals surface area (Å²) in [7, 11) is 0. The van der Waals surface area contributed by atoms with E-state index in [0.29, 0.717) is 11.5 Å². The lowest BCUT2D eigenvalue weighted by Gasteiger charge is -2.37. The first-order chi connectivity index (χ1) is 19.6. The number of carbonyl (C=O) groups excluding carboxylic acids is 2. The van der Waals surface area contributed by atoms with Crippen LogP contribution in [0.1, 0.15) is 23.2 Å². The van der Waals surface area contributed by atoms with E-state index < -0.39 is 12.1 Å². The molecule has 0 atom stereocenters. The van der Waals surface area contributed by atoms with Gasteiger partial charge in [-0.2, -0.15) is 13.2 Å². The average molecular weight is 574 g/mol. The number of aromatic nitrogens is 1. The van der Waals surface area contributed by atoms with Gasteiger partial charge in [0.2, 0.25) is 5.91 Å². The highest BCUT2D eigenvalue weighted by molar-refractivity contribution is 6.10. The summed E-state index contributed by atoms with van der Waals surface area (Å²) in [5, 5.41) is 11.6. The zero-order chi connectivity index (χ0) is 29.4. The smallest absolute Gasteiger partial charge is 0.475 e. The average Bonchev–Trinajstić information content (AvgIpc) is 3.45. The number of amides is 2. The molecule has 2 fully saturated rings. The molecule has 3 N–H and O–H groups in total. The topological polar surface area (TPSA) is 109 Å². The Morgan fingerprint density at radius 2 is 1.61 bits per heavy atom. The van der Waals surface area contributed by atoms with Gasteiger partial charge >= 0.3 is 12.1 Å². The minimum Gasteiger partial charge on any atom is -0.475 e. The number of piperazine rings is 1. The summed E-state index contributed by atoms with van der Waals surface area (Å²) in [6.07, 6.45) is -1.17. The minimum absolute atomic E-state index is 0.0128. The number of nitrogens with zero attached hydrogens (tertiary/aromatic N) is 3. The van der Waals surface area contributed by atoms with Gasteiger partial charge in [0, 0.05) is 68.8 Å². The number of hydrogen-bond acceptors (Lipinski definition) is 5. The van der Waals surface area contributed by atoms with E-state index in [2.05, 4.69) is 15.2 Å². The number of carboxylic acid groups (broad SMARTS) is 1. The Morgan fingerprint density at radius 1 is 0.951 bits per heavy atom. The van der Waals surface area contributed by atoms with Crippen LogP contribution in [0.4, 0.5) is 18.9 Å². The summed E-state index contributed by atoms with van der Waals surface area (Å²) in [4.78, 5) is 45.0. The Hall–Kier alpha value is -3.90. The maximum Gasteiger partial charge on any atom is 0.490 e. The Morgan fingerprint density at radius 3 is 2.24 bits per heavy atom. The fraction of sp³-hybridized carbons (Fsp3) is 0.414. The van der Waals surface area contributed by atoms with Crippen molar-refractivity contribution in [3.8, 4) is 0 Å². The number of fused-ring (bicyclic) bond motifs is 1. The second kappa shape index (κ2) is 13.6. The first kappa shape index (κ1) is 30.1. The molecule has 0 saturated carbocycles. The lowest BCUT2D eigenvalue weighted by molar-refractivity contribution is -0.192. The molecule has 0 unspecified atom stereocenters. The predicted molar refractivity (Wildman–Crippen MR) is 149 cm³/mol. The van der Waals surface area contributed by atoms with E-state index in [1.54, 1.807) is 4.90 Å². The molecule has 9 nitrogen and oxygen atoms in total. The van der Waals surface area contributed by atoms with Crippen LogP contribution in [0.15, 0.2) is 60.8 Å². The number of hydrogen-bond donors (Lipinski definition) is 3.